The number of aliphatic hydroxyl groups is 1. The lowest BCUT2D eigenvalue weighted by molar-refractivity contribution is 0.0111. The van der Waals surface area contributed by atoms with Gasteiger partial charge in [0.2, 0.25) is 0 Å². The molecule has 4 nitrogen and oxygen atoms in total. The van der Waals surface area contributed by atoms with Crippen LogP contribution in [0.3, 0.4) is 0 Å². The molecule has 1 unspecified atom stereocenters. The predicted octanol–water partition coefficient (Wildman–Crippen LogP) is 1.78. The zero-order valence-electron chi connectivity index (χ0n) is 10.2. The third-order valence-electron chi connectivity index (χ3n) is 3.54. The van der Waals surface area contributed by atoms with Crippen molar-refractivity contribution in [3.05, 3.63) is 12.2 Å². The predicted molar refractivity (Wildman–Crippen MR) is 62.0 cm³/mol. The fraction of sp³-hybridized carbons (Fsp3) is 0.833. The van der Waals surface area contributed by atoms with Gasteiger partial charge in [-0.15, -0.1) is 0 Å². The third-order valence-corrected chi connectivity index (χ3v) is 3.54. The number of nitrogens with zero attached hydrogens (tertiary/aromatic N) is 3. The number of aromatic nitrogens is 3. The van der Waals surface area contributed by atoms with E-state index in [1.54, 1.807) is 6.33 Å². The molecule has 0 amide bonds. The van der Waals surface area contributed by atoms with Gasteiger partial charge in [-0.1, -0.05) is 13.8 Å². The minimum absolute atomic E-state index is 0.476. The summed E-state index contributed by atoms with van der Waals surface area (Å²) < 4.78 is 1.92. The summed E-state index contributed by atoms with van der Waals surface area (Å²) in [7, 11) is 0. The van der Waals surface area contributed by atoms with Gasteiger partial charge in [-0.3, -0.25) is 4.68 Å². The van der Waals surface area contributed by atoms with E-state index >= 15 is 0 Å². The molecule has 1 aromatic rings. The maximum atomic E-state index is 10.5. The summed E-state index contributed by atoms with van der Waals surface area (Å²) >= 11 is 0. The van der Waals surface area contributed by atoms with Crippen LogP contribution >= 0.6 is 0 Å². The highest BCUT2D eigenvalue weighted by atomic mass is 16.3. The van der Waals surface area contributed by atoms with Gasteiger partial charge >= 0.3 is 0 Å². The lowest BCUT2D eigenvalue weighted by Gasteiger charge is -2.26. The maximum absolute atomic E-state index is 10.5. The van der Waals surface area contributed by atoms with Gasteiger partial charge in [-0.25, -0.2) is 4.98 Å². The third kappa shape index (κ3) is 2.26. The molecule has 1 heterocycles. The van der Waals surface area contributed by atoms with E-state index < -0.39 is 5.60 Å². The molecule has 1 fully saturated rings. The molecule has 4 heteroatoms. The van der Waals surface area contributed by atoms with Crippen molar-refractivity contribution >= 4 is 0 Å². The van der Waals surface area contributed by atoms with Gasteiger partial charge < -0.3 is 5.11 Å². The molecule has 1 atom stereocenters. The van der Waals surface area contributed by atoms with Gasteiger partial charge in [0.25, 0.3) is 0 Å². The van der Waals surface area contributed by atoms with Crippen LogP contribution in [0.1, 0.15) is 45.4 Å². The molecule has 16 heavy (non-hydrogen) atoms. The Morgan fingerprint density at radius 1 is 1.50 bits per heavy atom. The van der Waals surface area contributed by atoms with Crippen LogP contribution < -0.4 is 0 Å². The average Bonchev–Trinajstić information content (AvgIpc) is 3.05. The second kappa shape index (κ2) is 4.53. The summed E-state index contributed by atoms with van der Waals surface area (Å²) in [6.45, 7) is 5.07. The fourth-order valence-corrected chi connectivity index (χ4v) is 2.28. The first-order valence-electron chi connectivity index (χ1n) is 6.28. The van der Waals surface area contributed by atoms with Crippen molar-refractivity contribution in [1.82, 2.24) is 14.8 Å². The summed E-state index contributed by atoms with van der Waals surface area (Å²) in [5.41, 5.74) is -0.557. The Kier molecular flexibility index (Phi) is 3.28. The monoisotopic (exact) mass is 223 g/mol. The smallest absolute Gasteiger partial charge is 0.138 e. The van der Waals surface area contributed by atoms with Gasteiger partial charge in [0.15, 0.2) is 0 Å². The van der Waals surface area contributed by atoms with Gasteiger partial charge in [0, 0.05) is 13.0 Å². The Hall–Kier alpha value is -0.900. The maximum Gasteiger partial charge on any atom is 0.138 e. The van der Waals surface area contributed by atoms with Gasteiger partial charge in [-0.05, 0) is 31.6 Å². The van der Waals surface area contributed by atoms with Crippen molar-refractivity contribution in [1.29, 1.82) is 0 Å². The molecule has 0 aliphatic heterocycles. The molecule has 0 radical (unpaired) electrons. The average molecular weight is 223 g/mol. The van der Waals surface area contributed by atoms with E-state index in [0.717, 1.165) is 38.1 Å². The van der Waals surface area contributed by atoms with Crippen molar-refractivity contribution in [2.75, 3.05) is 0 Å². The van der Waals surface area contributed by atoms with Crippen LogP contribution in [0.15, 0.2) is 6.33 Å². The molecule has 2 rings (SSSR count). The summed E-state index contributed by atoms with van der Waals surface area (Å²) in [6, 6.07) is 0. The van der Waals surface area contributed by atoms with Crippen LogP contribution in [-0.4, -0.2) is 25.5 Å². The first kappa shape index (κ1) is 11.6. The number of aryl methyl sites for hydroxylation is 1. The van der Waals surface area contributed by atoms with Crippen LogP contribution in [-0.2, 0) is 13.0 Å². The second-order valence-electron chi connectivity index (χ2n) is 4.81. The molecule has 0 bridgehead atoms. The SMILES string of the molecule is CCCn1ncnc1CC(O)(CC)C1CC1. The molecular weight excluding hydrogens is 202 g/mol. The molecule has 1 aliphatic carbocycles. The Morgan fingerprint density at radius 2 is 2.25 bits per heavy atom. The highest BCUT2D eigenvalue weighted by Crippen LogP contribution is 2.43. The Morgan fingerprint density at radius 3 is 2.81 bits per heavy atom. The van der Waals surface area contributed by atoms with E-state index in [9.17, 15) is 5.11 Å². The zero-order chi connectivity index (χ0) is 11.6. The van der Waals surface area contributed by atoms with Crippen LogP contribution in [0.5, 0.6) is 0 Å². The Balaban J connectivity index is 2.09. The van der Waals surface area contributed by atoms with E-state index in [2.05, 4.69) is 23.9 Å². The van der Waals surface area contributed by atoms with Gasteiger partial charge in [0.05, 0.1) is 5.60 Å². The highest BCUT2D eigenvalue weighted by Gasteiger charge is 2.43. The summed E-state index contributed by atoms with van der Waals surface area (Å²) in [6.07, 6.45) is 6.40. The van der Waals surface area contributed by atoms with Crippen molar-refractivity contribution in [2.45, 2.75) is 58.1 Å². The fourth-order valence-electron chi connectivity index (χ4n) is 2.28. The van der Waals surface area contributed by atoms with E-state index in [1.807, 2.05) is 4.68 Å². The van der Waals surface area contributed by atoms with Crippen molar-refractivity contribution < 1.29 is 5.11 Å². The molecule has 1 aromatic heterocycles. The van der Waals surface area contributed by atoms with Crippen LogP contribution in [0.25, 0.3) is 0 Å². The minimum atomic E-state index is -0.557. The normalized spacial score (nSPS) is 19.7. The Labute approximate surface area is 96.7 Å². The molecular formula is C12H21N3O. The van der Waals surface area contributed by atoms with Crippen LogP contribution in [0, 0.1) is 5.92 Å². The first-order valence-corrected chi connectivity index (χ1v) is 6.28. The molecule has 1 N–H and O–H groups in total. The zero-order valence-corrected chi connectivity index (χ0v) is 10.2. The van der Waals surface area contributed by atoms with Crippen molar-refractivity contribution in [3.63, 3.8) is 0 Å². The lowest BCUT2D eigenvalue weighted by Crippen LogP contribution is -2.34. The van der Waals surface area contributed by atoms with Crippen molar-refractivity contribution in [3.8, 4) is 0 Å². The highest BCUT2D eigenvalue weighted by molar-refractivity contribution is 5.01. The van der Waals surface area contributed by atoms with Crippen molar-refractivity contribution in [2.24, 2.45) is 5.92 Å². The van der Waals surface area contributed by atoms with E-state index in [4.69, 9.17) is 0 Å². The number of hydrogen-bond donors (Lipinski definition) is 1. The van der Waals surface area contributed by atoms with Gasteiger partial charge in [0.1, 0.15) is 12.2 Å². The molecule has 0 saturated heterocycles. The topological polar surface area (TPSA) is 50.9 Å². The number of hydrogen-bond acceptors (Lipinski definition) is 3. The molecule has 90 valence electrons. The quantitative estimate of drug-likeness (QED) is 0.799. The summed E-state index contributed by atoms with van der Waals surface area (Å²) in [4.78, 5) is 4.27. The van der Waals surface area contributed by atoms with Gasteiger partial charge in [-0.2, -0.15) is 5.10 Å². The minimum Gasteiger partial charge on any atom is -0.389 e. The second-order valence-corrected chi connectivity index (χ2v) is 4.81. The van der Waals surface area contributed by atoms with E-state index in [-0.39, 0.29) is 0 Å². The molecule has 0 aromatic carbocycles. The standard InChI is InChI=1S/C12H21N3O/c1-3-7-15-11(13-9-14-15)8-12(16,4-2)10-5-6-10/h9-10,16H,3-8H2,1-2H3. The molecule has 1 aliphatic rings. The van der Waals surface area contributed by atoms with Crippen LogP contribution in [0.4, 0.5) is 0 Å². The molecule has 0 spiro atoms. The first-order chi connectivity index (χ1) is 7.69. The Bertz CT molecular complexity index is 346. The van der Waals surface area contributed by atoms with E-state index in [1.165, 1.54) is 0 Å². The summed E-state index contributed by atoms with van der Waals surface area (Å²) in [5, 5.41) is 14.7. The lowest BCUT2D eigenvalue weighted by atomic mass is 9.90. The molecule has 1 saturated carbocycles. The number of rotatable bonds is 6. The van der Waals surface area contributed by atoms with E-state index in [0.29, 0.717) is 12.3 Å². The summed E-state index contributed by atoms with van der Waals surface area (Å²) in [5.74, 6) is 1.40. The largest absolute Gasteiger partial charge is 0.389 e. The van der Waals surface area contributed by atoms with Crippen LogP contribution in [0.2, 0.25) is 0 Å².